The van der Waals surface area contributed by atoms with Gasteiger partial charge in [-0.1, -0.05) is 33.6 Å². The number of rotatable bonds is 2. The van der Waals surface area contributed by atoms with Crippen LogP contribution in [0.15, 0.2) is 18.2 Å². The summed E-state index contributed by atoms with van der Waals surface area (Å²) in [5.41, 5.74) is 3.08. The van der Waals surface area contributed by atoms with Crippen molar-refractivity contribution in [1.82, 2.24) is 4.90 Å². The van der Waals surface area contributed by atoms with Crippen molar-refractivity contribution in [2.24, 2.45) is 5.92 Å². The number of benzene rings is 1. The van der Waals surface area contributed by atoms with Gasteiger partial charge in [0.05, 0.1) is 0 Å². The number of nitrogens with zero attached hydrogens (tertiary/aromatic N) is 1. The molecule has 17 heavy (non-hydrogen) atoms. The summed E-state index contributed by atoms with van der Waals surface area (Å²) in [7, 11) is 0. The Balaban J connectivity index is 2.17. The van der Waals surface area contributed by atoms with Crippen LogP contribution < -0.4 is 0 Å². The van der Waals surface area contributed by atoms with Gasteiger partial charge in [-0.2, -0.15) is 0 Å². The van der Waals surface area contributed by atoms with Gasteiger partial charge in [0.25, 0.3) is 5.91 Å². The van der Waals surface area contributed by atoms with E-state index in [0.29, 0.717) is 5.92 Å². The van der Waals surface area contributed by atoms with Crippen LogP contribution in [-0.2, 0) is 0 Å². The van der Waals surface area contributed by atoms with Crippen molar-refractivity contribution in [2.45, 2.75) is 20.3 Å². The summed E-state index contributed by atoms with van der Waals surface area (Å²) in [6, 6.07) is 6.08. The molecule has 2 rings (SSSR count). The van der Waals surface area contributed by atoms with Crippen molar-refractivity contribution < 1.29 is 4.79 Å². The van der Waals surface area contributed by atoms with E-state index in [2.05, 4.69) is 22.0 Å². The number of aryl methyl sites for hydroxylation is 2. The Morgan fingerprint density at radius 3 is 2.88 bits per heavy atom. The zero-order chi connectivity index (χ0) is 12.4. The zero-order valence-electron chi connectivity index (χ0n) is 10.4. The minimum Gasteiger partial charge on any atom is -0.338 e. The lowest BCUT2D eigenvalue weighted by molar-refractivity contribution is 0.0787. The fourth-order valence-corrected chi connectivity index (χ4v) is 2.81. The van der Waals surface area contributed by atoms with E-state index in [1.165, 1.54) is 0 Å². The molecule has 0 bridgehead atoms. The number of hydrogen-bond donors (Lipinski definition) is 0. The second-order valence-corrected chi connectivity index (χ2v) is 5.53. The zero-order valence-corrected chi connectivity index (χ0v) is 12.0. The van der Waals surface area contributed by atoms with E-state index in [9.17, 15) is 4.79 Å². The molecule has 0 spiro atoms. The monoisotopic (exact) mass is 295 g/mol. The lowest BCUT2D eigenvalue weighted by Crippen LogP contribution is -2.29. The van der Waals surface area contributed by atoms with Gasteiger partial charge in [-0.15, -0.1) is 0 Å². The van der Waals surface area contributed by atoms with Gasteiger partial charge in [0.2, 0.25) is 0 Å². The van der Waals surface area contributed by atoms with E-state index in [-0.39, 0.29) is 5.91 Å². The number of hydrogen-bond acceptors (Lipinski definition) is 1. The average molecular weight is 296 g/mol. The van der Waals surface area contributed by atoms with Crippen LogP contribution in [-0.4, -0.2) is 29.2 Å². The highest BCUT2D eigenvalue weighted by Crippen LogP contribution is 2.21. The van der Waals surface area contributed by atoms with Crippen molar-refractivity contribution in [3.05, 3.63) is 34.9 Å². The van der Waals surface area contributed by atoms with Crippen LogP contribution in [0.3, 0.4) is 0 Å². The molecule has 1 saturated heterocycles. The number of likely N-dealkylation sites (tertiary alicyclic amines) is 1. The summed E-state index contributed by atoms with van der Waals surface area (Å²) < 4.78 is 0. The van der Waals surface area contributed by atoms with Gasteiger partial charge in [0.15, 0.2) is 0 Å². The minimum absolute atomic E-state index is 0.189. The van der Waals surface area contributed by atoms with Gasteiger partial charge >= 0.3 is 0 Å². The lowest BCUT2D eigenvalue weighted by atomic mass is 10.0. The SMILES string of the molecule is Cc1ccc(C)c(C(=O)N2CCC(CBr)C2)c1. The first kappa shape index (κ1) is 12.6. The molecule has 0 N–H and O–H groups in total. The number of halogens is 1. The molecule has 92 valence electrons. The Bertz CT molecular complexity index is 430. The molecular formula is C14H18BrNO. The first-order valence-electron chi connectivity index (χ1n) is 6.04. The summed E-state index contributed by atoms with van der Waals surface area (Å²) in [5.74, 6) is 0.804. The number of amides is 1. The molecule has 0 aliphatic carbocycles. The van der Waals surface area contributed by atoms with Gasteiger partial charge in [0, 0.05) is 24.0 Å². The predicted octanol–water partition coefficient (Wildman–Crippen LogP) is 3.16. The Morgan fingerprint density at radius 2 is 2.24 bits per heavy atom. The Hall–Kier alpha value is -0.830. The van der Waals surface area contributed by atoms with E-state index >= 15 is 0 Å². The third kappa shape index (κ3) is 2.71. The fraction of sp³-hybridized carbons (Fsp3) is 0.500. The molecule has 2 nitrogen and oxygen atoms in total. The molecule has 0 aromatic heterocycles. The molecule has 1 fully saturated rings. The van der Waals surface area contributed by atoms with Gasteiger partial charge < -0.3 is 4.90 Å². The van der Waals surface area contributed by atoms with Crippen molar-refractivity contribution in [3.63, 3.8) is 0 Å². The average Bonchev–Trinajstić information content (AvgIpc) is 2.80. The minimum atomic E-state index is 0.189. The second-order valence-electron chi connectivity index (χ2n) is 4.88. The normalized spacial score (nSPS) is 19.7. The molecule has 1 aliphatic rings. The van der Waals surface area contributed by atoms with Crippen LogP contribution in [0, 0.1) is 19.8 Å². The Morgan fingerprint density at radius 1 is 1.47 bits per heavy atom. The van der Waals surface area contributed by atoms with E-state index < -0.39 is 0 Å². The van der Waals surface area contributed by atoms with E-state index in [1.54, 1.807) is 0 Å². The highest BCUT2D eigenvalue weighted by molar-refractivity contribution is 9.09. The van der Waals surface area contributed by atoms with E-state index in [0.717, 1.165) is 41.5 Å². The van der Waals surface area contributed by atoms with Crippen molar-refractivity contribution >= 4 is 21.8 Å². The molecule has 1 heterocycles. The van der Waals surface area contributed by atoms with Crippen molar-refractivity contribution in [2.75, 3.05) is 18.4 Å². The summed E-state index contributed by atoms with van der Waals surface area (Å²) in [6.45, 7) is 5.81. The highest BCUT2D eigenvalue weighted by atomic mass is 79.9. The molecule has 1 amide bonds. The lowest BCUT2D eigenvalue weighted by Gasteiger charge is -2.17. The highest BCUT2D eigenvalue weighted by Gasteiger charge is 2.26. The molecule has 1 aromatic rings. The van der Waals surface area contributed by atoms with E-state index in [4.69, 9.17) is 0 Å². The fourth-order valence-electron chi connectivity index (χ4n) is 2.28. The Kier molecular flexibility index (Phi) is 3.87. The second kappa shape index (κ2) is 5.21. The quantitative estimate of drug-likeness (QED) is 0.768. The number of carbonyl (C=O) groups excluding carboxylic acids is 1. The summed E-state index contributed by atoms with van der Waals surface area (Å²) in [6.07, 6.45) is 1.11. The van der Waals surface area contributed by atoms with Crippen LogP contribution in [0.4, 0.5) is 0 Å². The molecule has 0 radical (unpaired) electrons. The van der Waals surface area contributed by atoms with Crippen molar-refractivity contribution in [1.29, 1.82) is 0 Å². The summed E-state index contributed by atoms with van der Waals surface area (Å²) >= 11 is 3.50. The van der Waals surface area contributed by atoms with Crippen LogP contribution in [0.2, 0.25) is 0 Å². The molecule has 1 unspecified atom stereocenters. The maximum absolute atomic E-state index is 12.4. The van der Waals surface area contributed by atoms with Crippen LogP contribution in [0.25, 0.3) is 0 Å². The first-order chi connectivity index (χ1) is 8.11. The van der Waals surface area contributed by atoms with Gasteiger partial charge in [-0.25, -0.2) is 0 Å². The van der Waals surface area contributed by atoms with Crippen LogP contribution in [0.5, 0.6) is 0 Å². The molecule has 1 aromatic carbocycles. The number of alkyl halides is 1. The van der Waals surface area contributed by atoms with Crippen molar-refractivity contribution in [3.8, 4) is 0 Å². The molecule has 3 heteroatoms. The molecule has 0 saturated carbocycles. The topological polar surface area (TPSA) is 20.3 Å². The largest absolute Gasteiger partial charge is 0.338 e. The van der Waals surface area contributed by atoms with Gasteiger partial charge in [-0.3, -0.25) is 4.79 Å². The Labute approximate surface area is 111 Å². The standard InChI is InChI=1S/C14H18BrNO/c1-10-3-4-11(2)13(7-10)14(17)16-6-5-12(8-15)9-16/h3-4,7,12H,5-6,8-9H2,1-2H3. The number of carbonyl (C=O) groups is 1. The van der Waals surface area contributed by atoms with E-state index in [1.807, 2.05) is 30.9 Å². The molecular weight excluding hydrogens is 278 g/mol. The summed E-state index contributed by atoms with van der Waals surface area (Å²) in [5, 5.41) is 0.990. The van der Waals surface area contributed by atoms with Crippen LogP contribution in [0.1, 0.15) is 27.9 Å². The van der Waals surface area contributed by atoms with Crippen LogP contribution >= 0.6 is 15.9 Å². The predicted molar refractivity (Wildman–Crippen MR) is 73.7 cm³/mol. The third-order valence-electron chi connectivity index (χ3n) is 3.41. The third-order valence-corrected chi connectivity index (χ3v) is 4.33. The molecule has 1 aliphatic heterocycles. The molecule has 1 atom stereocenters. The smallest absolute Gasteiger partial charge is 0.254 e. The maximum Gasteiger partial charge on any atom is 0.254 e. The van der Waals surface area contributed by atoms with Gasteiger partial charge in [0.1, 0.15) is 0 Å². The maximum atomic E-state index is 12.4. The van der Waals surface area contributed by atoms with Gasteiger partial charge in [-0.05, 0) is 37.8 Å². The summed E-state index contributed by atoms with van der Waals surface area (Å²) in [4.78, 5) is 14.4. The first-order valence-corrected chi connectivity index (χ1v) is 7.16.